The molecule has 0 bridgehead atoms. The third kappa shape index (κ3) is 5.02. The van der Waals surface area contributed by atoms with Gasteiger partial charge in [0.05, 0.1) is 37.7 Å². The highest BCUT2D eigenvalue weighted by molar-refractivity contribution is 5.91. The van der Waals surface area contributed by atoms with Gasteiger partial charge >= 0.3 is 5.97 Å². The average molecular weight is 454 g/mol. The number of benzene rings is 2. The van der Waals surface area contributed by atoms with Crippen LogP contribution >= 0.6 is 0 Å². The molecule has 0 saturated carbocycles. The highest BCUT2D eigenvalue weighted by atomic mass is 16.5. The number of aryl methyl sites for hydroxylation is 2. The zero-order chi connectivity index (χ0) is 23.4. The predicted molar refractivity (Wildman–Crippen MR) is 128 cm³/mol. The van der Waals surface area contributed by atoms with E-state index in [-0.39, 0.29) is 18.0 Å². The topological polar surface area (TPSA) is 79.2 Å². The summed E-state index contributed by atoms with van der Waals surface area (Å²) >= 11 is 0. The monoisotopic (exact) mass is 453 g/mol. The second kappa shape index (κ2) is 10.1. The molecule has 1 aliphatic carbocycles. The first-order valence-corrected chi connectivity index (χ1v) is 11.9. The number of ether oxygens (including phenoxy) is 2. The highest BCUT2D eigenvalue weighted by Gasteiger charge is 2.41. The summed E-state index contributed by atoms with van der Waals surface area (Å²) in [5.41, 5.74) is 5.38. The van der Waals surface area contributed by atoms with Gasteiger partial charge in [0.1, 0.15) is 5.75 Å². The first kappa shape index (κ1) is 23.6. The van der Waals surface area contributed by atoms with Crippen molar-refractivity contribution in [3.05, 3.63) is 58.7 Å². The highest BCUT2D eigenvalue weighted by Crippen LogP contribution is 2.44. The summed E-state index contributed by atoms with van der Waals surface area (Å²) in [5.74, 6) is 0.426. The Kier molecular flexibility index (Phi) is 7.25. The average Bonchev–Trinajstić information content (AvgIpc) is 2.98. The van der Waals surface area contributed by atoms with E-state index in [1.54, 1.807) is 6.07 Å². The summed E-state index contributed by atoms with van der Waals surface area (Å²) < 4.78 is 11.4. The molecule has 0 fully saturated rings. The number of esters is 1. The van der Waals surface area contributed by atoms with E-state index in [2.05, 4.69) is 30.0 Å². The maximum Gasteiger partial charge on any atom is 0.337 e. The molecule has 1 unspecified atom stereocenters. The van der Waals surface area contributed by atoms with Crippen LogP contribution in [0, 0.1) is 6.92 Å². The molecule has 2 aromatic carbocycles. The summed E-state index contributed by atoms with van der Waals surface area (Å²) in [5, 5.41) is 18.8. The Hall–Kier alpha value is -2.57. The lowest BCUT2D eigenvalue weighted by molar-refractivity contribution is 0.0600. The van der Waals surface area contributed by atoms with Gasteiger partial charge in [-0.2, -0.15) is 0 Å². The van der Waals surface area contributed by atoms with E-state index in [0.29, 0.717) is 18.6 Å². The molecular formula is C27H35NO5. The van der Waals surface area contributed by atoms with Gasteiger partial charge in [0, 0.05) is 18.5 Å². The summed E-state index contributed by atoms with van der Waals surface area (Å²) in [6.07, 6.45) is 4.86. The molecule has 4 rings (SSSR count). The number of aliphatic hydroxyl groups is 2. The van der Waals surface area contributed by atoms with Crippen LogP contribution in [0.5, 0.6) is 5.75 Å². The molecule has 2 N–H and O–H groups in total. The maximum absolute atomic E-state index is 12.2. The van der Waals surface area contributed by atoms with Crippen LogP contribution < -0.4 is 9.64 Å². The van der Waals surface area contributed by atoms with Crippen molar-refractivity contribution in [2.45, 2.75) is 57.0 Å². The van der Waals surface area contributed by atoms with E-state index in [9.17, 15) is 9.90 Å². The van der Waals surface area contributed by atoms with E-state index >= 15 is 0 Å². The van der Waals surface area contributed by atoms with Crippen LogP contribution in [0.3, 0.4) is 0 Å². The third-order valence-electron chi connectivity index (χ3n) is 7.08. The fourth-order valence-corrected chi connectivity index (χ4v) is 5.33. The molecular weight excluding hydrogens is 418 g/mol. The van der Waals surface area contributed by atoms with E-state index in [1.807, 2.05) is 12.1 Å². The number of rotatable bonds is 7. The smallest absolute Gasteiger partial charge is 0.337 e. The van der Waals surface area contributed by atoms with Gasteiger partial charge in [-0.3, -0.25) is 0 Å². The Morgan fingerprint density at radius 2 is 2.09 bits per heavy atom. The van der Waals surface area contributed by atoms with Gasteiger partial charge in [0.25, 0.3) is 0 Å². The van der Waals surface area contributed by atoms with Crippen LogP contribution in [-0.4, -0.2) is 55.7 Å². The van der Waals surface area contributed by atoms with Crippen LogP contribution in [0.4, 0.5) is 5.69 Å². The van der Waals surface area contributed by atoms with Crippen molar-refractivity contribution in [1.82, 2.24) is 0 Å². The molecule has 33 heavy (non-hydrogen) atoms. The van der Waals surface area contributed by atoms with Gasteiger partial charge in [-0.05, 0) is 74.8 Å². The normalized spacial score (nSPS) is 20.4. The van der Waals surface area contributed by atoms with Crippen LogP contribution in [0.2, 0.25) is 0 Å². The molecule has 2 aromatic rings. The molecule has 0 aromatic heterocycles. The van der Waals surface area contributed by atoms with Crippen LogP contribution in [0.25, 0.3) is 0 Å². The Bertz CT molecular complexity index is 990. The zero-order valence-corrected chi connectivity index (χ0v) is 19.7. The minimum atomic E-state index is -0.671. The number of methoxy groups -OCH3 is 1. The van der Waals surface area contributed by atoms with E-state index < -0.39 is 6.10 Å². The summed E-state index contributed by atoms with van der Waals surface area (Å²) in [6, 6.07) is 12.3. The van der Waals surface area contributed by atoms with Gasteiger partial charge in [-0.25, -0.2) is 4.79 Å². The Morgan fingerprint density at radius 3 is 2.88 bits per heavy atom. The number of hydrogen-bond acceptors (Lipinski definition) is 6. The zero-order valence-electron chi connectivity index (χ0n) is 19.7. The van der Waals surface area contributed by atoms with Gasteiger partial charge in [-0.15, -0.1) is 0 Å². The molecule has 0 amide bonds. The van der Waals surface area contributed by atoms with Gasteiger partial charge in [0.15, 0.2) is 0 Å². The minimum Gasteiger partial charge on any atom is -0.490 e. The Morgan fingerprint density at radius 1 is 1.24 bits per heavy atom. The van der Waals surface area contributed by atoms with E-state index in [0.717, 1.165) is 56.6 Å². The van der Waals surface area contributed by atoms with Gasteiger partial charge < -0.3 is 24.6 Å². The van der Waals surface area contributed by atoms with Crippen LogP contribution in [0.15, 0.2) is 36.4 Å². The minimum absolute atomic E-state index is 0.115. The number of fused-ring (bicyclic) bond motifs is 3. The molecule has 1 heterocycles. The van der Waals surface area contributed by atoms with Crippen molar-refractivity contribution in [2.75, 3.05) is 38.3 Å². The van der Waals surface area contributed by atoms with Crippen molar-refractivity contribution in [3.8, 4) is 5.75 Å². The van der Waals surface area contributed by atoms with E-state index in [4.69, 9.17) is 14.6 Å². The van der Waals surface area contributed by atoms with Gasteiger partial charge in [0.2, 0.25) is 0 Å². The standard InChI is InChI=1S/C27H35NO5/c1-19-8-10-23-20(14-19)6-5-12-27(23)17-28(13-4-3-7-22(30)16-29)24-15-21(26(31)32-2)9-11-25(24)33-18-27/h8-11,14-15,22,29-30H,3-7,12-13,16-18H2,1-2H3/t22?,27-/m0/s1. The first-order chi connectivity index (χ1) is 16.0. The number of nitrogens with zero attached hydrogens (tertiary/aromatic N) is 1. The summed E-state index contributed by atoms with van der Waals surface area (Å²) in [7, 11) is 1.39. The Balaban J connectivity index is 1.66. The molecule has 0 saturated heterocycles. The molecule has 1 aliphatic heterocycles. The summed E-state index contributed by atoms with van der Waals surface area (Å²) in [4.78, 5) is 14.6. The van der Waals surface area contributed by atoms with Crippen LogP contribution in [0.1, 0.15) is 59.2 Å². The summed E-state index contributed by atoms with van der Waals surface area (Å²) in [6.45, 7) is 4.13. The van der Waals surface area contributed by atoms with Crippen molar-refractivity contribution >= 4 is 11.7 Å². The molecule has 6 heteroatoms. The number of carbonyl (C=O) groups excluding carboxylic acids is 1. The quantitative estimate of drug-likeness (QED) is 0.491. The maximum atomic E-state index is 12.2. The first-order valence-electron chi connectivity index (χ1n) is 11.9. The largest absolute Gasteiger partial charge is 0.490 e. The lowest BCUT2D eigenvalue weighted by Crippen LogP contribution is -2.46. The molecule has 0 radical (unpaired) electrons. The van der Waals surface area contributed by atoms with Crippen LogP contribution in [-0.2, 0) is 16.6 Å². The number of hydrogen-bond donors (Lipinski definition) is 2. The second-order valence-corrected chi connectivity index (χ2v) is 9.51. The van der Waals surface area contributed by atoms with Crippen molar-refractivity contribution < 1.29 is 24.5 Å². The lowest BCUT2D eigenvalue weighted by atomic mass is 9.69. The predicted octanol–water partition coefficient (Wildman–Crippen LogP) is 3.78. The SMILES string of the molecule is COC(=O)c1ccc2c(c1)N(CCCCC(O)CO)C[C@@]1(CCCc3cc(C)ccc31)CO2. The Labute approximate surface area is 196 Å². The fraction of sp³-hybridized carbons (Fsp3) is 0.519. The number of aliphatic hydroxyl groups excluding tert-OH is 2. The molecule has 178 valence electrons. The fourth-order valence-electron chi connectivity index (χ4n) is 5.33. The lowest BCUT2D eigenvalue weighted by Gasteiger charge is -2.41. The van der Waals surface area contributed by atoms with Gasteiger partial charge in [-0.1, -0.05) is 23.8 Å². The van der Waals surface area contributed by atoms with Crippen molar-refractivity contribution in [1.29, 1.82) is 0 Å². The number of unbranched alkanes of at least 4 members (excludes halogenated alkanes) is 1. The molecule has 2 atom stereocenters. The van der Waals surface area contributed by atoms with Crippen molar-refractivity contribution in [2.24, 2.45) is 0 Å². The number of anilines is 1. The molecule has 6 nitrogen and oxygen atoms in total. The number of carbonyl (C=O) groups is 1. The second-order valence-electron chi connectivity index (χ2n) is 9.51. The van der Waals surface area contributed by atoms with Crippen molar-refractivity contribution in [3.63, 3.8) is 0 Å². The molecule has 2 aliphatic rings. The molecule has 1 spiro atoms. The third-order valence-corrected chi connectivity index (χ3v) is 7.08. The van der Waals surface area contributed by atoms with E-state index in [1.165, 1.54) is 23.8 Å².